The minimum absolute atomic E-state index is 0.00152. The Balaban J connectivity index is 1.41. The second-order valence-electron chi connectivity index (χ2n) is 9.38. The van der Waals surface area contributed by atoms with E-state index < -0.39 is 36.3 Å². The maximum absolute atomic E-state index is 15.2. The molecule has 1 saturated heterocycles. The van der Waals surface area contributed by atoms with E-state index in [0.717, 1.165) is 43.5 Å². The van der Waals surface area contributed by atoms with Crippen LogP contribution in [0.15, 0.2) is 41.3 Å². The van der Waals surface area contributed by atoms with E-state index in [1.165, 1.54) is 19.4 Å². The molecule has 0 saturated carbocycles. The number of pyridine rings is 1. The Morgan fingerprint density at radius 3 is 2.70 bits per heavy atom. The fraction of sp³-hybridized carbons (Fsp3) is 0.375. The van der Waals surface area contributed by atoms with Gasteiger partial charge < -0.3 is 18.9 Å². The second-order valence-corrected chi connectivity index (χ2v) is 12.6. The molecule has 0 aliphatic carbocycles. The number of aromatic nitrogens is 3. The van der Waals surface area contributed by atoms with Crippen molar-refractivity contribution >= 4 is 18.3 Å². The topological polar surface area (TPSA) is 86.5 Å². The van der Waals surface area contributed by atoms with Crippen LogP contribution in [0.3, 0.4) is 0 Å². The van der Waals surface area contributed by atoms with Gasteiger partial charge in [-0.2, -0.15) is 18.2 Å². The van der Waals surface area contributed by atoms with Gasteiger partial charge >= 0.3 is 11.9 Å². The summed E-state index contributed by atoms with van der Waals surface area (Å²) in [6, 6.07) is 6.23. The Hall–Kier alpha value is -3.40. The lowest BCUT2D eigenvalue weighted by Crippen LogP contribution is -2.24. The highest BCUT2D eigenvalue weighted by Gasteiger charge is 2.35. The van der Waals surface area contributed by atoms with E-state index in [0.29, 0.717) is 12.6 Å². The molecule has 37 heavy (non-hydrogen) atoms. The maximum atomic E-state index is 15.2. The number of ether oxygens (including phenoxy) is 2. The van der Waals surface area contributed by atoms with Gasteiger partial charge in [-0.3, -0.25) is 9.55 Å². The molecule has 0 amide bonds. The summed E-state index contributed by atoms with van der Waals surface area (Å²) in [6.45, 7) is 4.03. The number of rotatable bonds is 6. The fourth-order valence-corrected chi connectivity index (χ4v) is 5.74. The number of fused-ring (bicyclic) bond motifs is 3. The van der Waals surface area contributed by atoms with E-state index in [1.54, 1.807) is 10.6 Å². The van der Waals surface area contributed by atoms with Gasteiger partial charge in [0.2, 0.25) is 5.88 Å². The summed E-state index contributed by atoms with van der Waals surface area (Å²) < 4.78 is 79.9. The second kappa shape index (κ2) is 9.16. The highest BCUT2D eigenvalue weighted by Crippen LogP contribution is 2.42. The molecule has 1 fully saturated rings. The van der Waals surface area contributed by atoms with Gasteiger partial charge in [-0.1, -0.05) is 0 Å². The summed E-state index contributed by atoms with van der Waals surface area (Å²) in [6.07, 6.45) is -1.78. The van der Waals surface area contributed by atoms with Crippen molar-refractivity contribution in [3.8, 4) is 17.4 Å². The van der Waals surface area contributed by atoms with Crippen molar-refractivity contribution in [2.45, 2.75) is 38.2 Å². The van der Waals surface area contributed by atoms with Gasteiger partial charge in [0, 0.05) is 37.5 Å². The molecule has 0 radical (unpaired) electrons. The van der Waals surface area contributed by atoms with Gasteiger partial charge in [-0.05, 0) is 49.9 Å². The molecule has 13 heteroatoms. The minimum atomic E-state index is -4.71. The van der Waals surface area contributed by atoms with Crippen LogP contribution >= 0.6 is 7.14 Å². The third kappa shape index (κ3) is 5.07. The van der Waals surface area contributed by atoms with Crippen molar-refractivity contribution in [2.24, 2.45) is 0 Å². The number of halogens is 4. The number of hydrogen-bond donors (Lipinski definition) is 0. The Morgan fingerprint density at radius 1 is 1.19 bits per heavy atom. The van der Waals surface area contributed by atoms with Gasteiger partial charge in [0.15, 0.2) is 11.6 Å². The molecule has 0 N–H and O–H groups in total. The summed E-state index contributed by atoms with van der Waals surface area (Å²) >= 11 is 0. The zero-order valence-corrected chi connectivity index (χ0v) is 20.9. The number of benzene rings is 1. The van der Waals surface area contributed by atoms with Crippen LogP contribution in [0.4, 0.5) is 23.4 Å². The highest BCUT2D eigenvalue weighted by molar-refractivity contribution is 7.70. The van der Waals surface area contributed by atoms with Crippen molar-refractivity contribution < 1.29 is 31.6 Å². The molecule has 0 unspecified atom stereocenters. The first-order valence-corrected chi connectivity index (χ1v) is 14.1. The van der Waals surface area contributed by atoms with Crippen LogP contribution in [-0.2, 0) is 23.9 Å². The largest absolute Gasteiger partial charge is 0.473 e. The molecule has 4 heterocycles. The summed E-state index contributed by atoms with van der Waals surface area (Å²) in [5, 5.41) is -0.00152. The van der Waals surface area contributed by atoms with E-state index in [-0.39, 0.29) is 35.1 Å². The Labute approximate surface area is 209 Å². The van der Waals surface area contributed by atoms with E-state index in [1.807, 2.05) is 0 Å². The van der Waals surface area contributed by atoms with E-state index in [9.17, 15) is 22.5 Å². The maximum Gasteiger partial charge on any atom is 0.433 e. The van der Waals surface area contributed by atoms with Crippen molar-refractivity contribution in [3.63, 3.8) is 0 Å². The van der Waals surface area contributed by atoms with Crippen LogP contribution in [0.5, 0.6) is 17.4 Å². The van der Waals surface area contributed by atoms with Crippen LogP contribution in [0.25, 0.3) is 0 Å². The molecule has 1 aromatic carbocycles. The van der Waals surface area contributed by atoms with Crippen LogP contribution in [0.1, 0.15) is 24.1 Å². The number of nitrogens with zero attached hydrogens (tertiary/aromatic N) is 4. The summed E-state index contributed by atoms with van der Waals surface area (Å²) in [4.78, 5) is 21.8. The molecule has 8 nitrogen and oxygen atoms in total. The third-order valence-electron chi connectivity index (χ3n) is 6.32. The first kappa shape index (κ1) is 25.3. The smallest absolute Gasteiger partial charge is 0.433 e. The lowest BCUT2D eigenvalue weighted by atomic mass is 10.2. The predicted molar refractivity (Wildman–Crippen MR) is 128 cm³/mol. The monoisotopic (exact) mass is 538 g/mol. The van der Waals surface area contributed by atoms with Crippen LogP contribution < -0.4 is 25.4 Å². The van der Waals surface area contributed by atoms with Gasteiger partial charge in [0.25, 0.3) is 0 Å². The molecular formula is C24H23F4N4O4P. The molecule has 5 rings (SSSR count). The molecule has 2 aliphatic heterocycles. The first-order valence-electron chi connectivity index (χ1n) is 11.5. The van der Waals surface area contributed by atoms with E-state index in [2.05, 4.69) is 14.9 Å². The van der Waals surface area contributed by atoms with Crippen molar-refractivity contribution in [1.82, 2.24) is 14.5 Å². The lowest BCUT2D eigenvalue weighted by molar-refractivity contribution is -0.141. The molecule has 196 valence electrons. The quantitative estimate of drug-likeness (QED) is 0.340. The summed E-state index contributed by atoms with van der Waals surface area (Å²) in [5.74, 6) is -0.852. The average Bonchev–Trinajstić information content (AvgIpc) is 3.41. The zero-order chi connectivity index (χ0) is 26.5. The Morgan fingerprint density at radius 2 is 1.97 bits per heavy atom. The van der Waals surface area contributed by atoms with Gasteiger partial charge in [-0.25, -0.2) is 9.18 Å². The van der Waals surface area contributed by atoms with Crippen LogP contribution in [-0.4, -0.2) is 40.5 Å². The Kier molecular flexibility index (Phi) is 6.26. The van der Waals surface area contributed by atoms with Crippen molar-refractivity contribution in [1.29, 1.82) is 0 Å². The summed E-state index contributed by atoms with van der Waals surface area (Å²) in [5.41, 5.74) is -1.35. The average molecular weight is 538 g/mol. The van der Waals surface area contributed by atoms with Crippen molar-refractivity contribution in [3.05, 3.63) is 64.1 Å². The standard InChI is InChI=1S/C24H23F4N4O4P/c1-37(2,34)18-9-14(8-17(25)22(18)36-16-5-6-29-19(10-16)24(26,27)28)13-35-20-11-21-31-7-3-4-15(31)12-32(21)23(33)30-20/h5-6,8-11,15H,3-4,7,12-13H2,1-2H3/t15-/m1/s1. The molecule has 2 aromatic heterocycles. The molecule has 0 bridgehead atoms. The fourth-order valence-electron chi connectivity index (χ4n) is 4.62. The van der Waals surface area contributed by atoms with Crippen molar-refractivity contribution in [2.75, 3.05) is 24.8 Å². The Bertz CT molecular complexity index is 1470. The normalized spacial score (nSPS) is 17.0. The van der Waals surface area contributed by atoms with Gasteiger partial charge in [0.05, 0.1) is 5.30 Å². The van der Waals surface area contributed by atoms with E-state index in [4.69, 9.17) is 9.47 Å². The third-order valence-corrected chi connectivity index (χ3v) is 7.82. The summed E-state index contributed by atoms with van der Waals surface area (Å²) in [7, 11) is -3.15. The van der Waals surface area contributed by atoms with Gasteiger partial charge in [0.1, 0.15) is 31.0 Å². The number of hydrogen-bond acceptors (Lipinski definition) is 7. The lowest BCUT2D eigenvalue weighted by Gasteiger charge is -2.18. The molecule has 3 aromatic rings. The van der Waals surface area contributed by atoms with Gasteiger partial charge in [-0.15, -0.1) is 0 Å². The number of anilines is 1. The molecule has 1 atom stereocenters. The number of alkyl halides is 3. The minimum Gasteiger partial charge on any atom is -0.473 e. The molecule has 0 spiro atoms. The predicted octanol–water partition coefficient (Wildman–Crippen LogP) is 4.40. The molecule has 2 aliphatic rings. The SMILES string of the molecule is CP(C)(=O)c1cc(COc2cc3n(c(=O)n2)C[C@H]2CCCN32)cc(F)c1Oc1ccnc(C(F)(F)F)c1. The van der Waals surface area contributed by atoms with Crippen LogP contribution in [0, 0.1) is 5.82 Å². The zero-order valence-electron chi connectivity index (χ0n) is 20.0. The first-order chi connectivity index (χ1) is 17.4. The van der Waals surface area contributed by atoms with E-state index >= 15 is 4.39 Å². The highest BCUT2D eigenvalue weighted by atomic mass is 31.2. The van der Waals surface area contributed by atoms with Crippen LogP contribution in [0.2, 0.25) is 0 Å². The molecular weight excluding hydrogens is 515 g/mol.